The Labute approximate surface area is 100 Å². The van der Waals surface area contributed by atoms with E-state index in [9.17, 15) is 9.59 Å². The van der Waals surface area contributed by atoms with Crippen molar-refractivity contribution < 1.29 is 24.2 Å². The number of amides is 1. The van der Waals surface area contributed by atoms with Gasteiger partial charge in [0, 0.05) is 27.3 Å². The van der Waals surface area contributed by atoms with Crippen LogP contribution in [0.5, 0.6) is 0 Å². The van der Waals surface area contributed by atoms with Crippen LogP contribution in [-0.2, 0) is 19.1 Å². The zero-order valence-corrected chi connectivity index (χ0v) is 10.6. The summed E-state index contributed by atoms with van der Waals surface area (Å²) in [4.78, 5) is 24.6. The molecular weight excluding hydrogens is 226 g/mol. The molecule has 1 N–H and O–H groups in total. The van der Waals surface area contributed by atoms with Crippen molar-refractivity contribution in [1.29, 1.82) is 0 Å². The molecule has 0 aliphatic carbocycles. The number of methoxy groups -OCH3 is 2. The molecular formula is C11H19NO5. The number of rotatable bonds is 4. The van der Waals surface area contributed by atoms with Gasteiger partial charge in [-0.05, 0) is 13.8 Å². The fourth-order valence-electron chi connectivity index (χ4n) is 1.85. The van der Waals surface area contributed by atoms with E-state index in [4.69, 9.17) is 14.6 Å². The third-order valence-corrected chi connectivity index (χ3v) is 3.18. The number of carbonyl (C=O) groups excluding carboxylic acids is 1. The number of carboxylic acid groups (broad SMARTS) is 1. The van der Waals surface area contributed by atoms with Gasteiger partial charge in [-0.15, -0.1) is 0 Å². The molecule has 1 aliphatic rings. The molecule has 17 heavy (non-hydrogen) atoms. The number of hydrogen-bond donors (Lipinski definition) is 1. The number of nitrogens with zero attached hydrogens (tertiary/aromatic N) is 1. The Bertz CT molecular complexity index is 303. The summed E-state index contributed by atoms with van der Waals surface area (Å²) >= 11 is 0. The highest BCUT2D eigenvalue weighted by atomic mass is 16.5. The van der Waals surface area contributed by atoms with E-state index in [1.54, 1.807) is 14.2 Å². The highest BCUT2D eigenvalue weighted by Gasteiger charge is 2.44. The van der Waals surface area contributed by atoms with Crippen molar-refractivity contribution in [2.45, 2.75) is 26.1 Å². The second kappa shape index (κ2) is 5.01. The molecule has 0 radical (unpaired) electrons. The summed E-state index contributed by atoms with van der Waals surface area (Å²) in [5, 5.41) is 9.01. The number of aliphatic carboxylic acids is 1. The standard InChI is InChI=1S/C11H19NO5/c1-11(2,10(14)15)9(13)12-5-7(16-3)8(6-12)17-4/h7-8H,5-6H2,1-4H3,(H,14,15). The van der Waals surface area contributed by atoms with Gasteiger partial charge in [0.2, 0.25) is 5.91 Å². The molecule has 0 aromatic rings. The van der Waals surface area contributed by atoms with Crippen molar-refractivity contribution in [2.24, 2.45) is 5.41 Å². The van der Waals surface area contributed by atoms with Gasteiger partial charge in [-0.1, -0.05) is 0 Å². The van der Waals surface area contributed by atoms with E-state index in [1.807, 2.05) is 0 Å². The van der Waals surface area contributed by atoms with Gasteiger partial charge in [0.15, 0.2) is 0 Å². The Hall–Kier alpha value is -1.14. The zero-order valence-electron chi connectivity index (χ0n) is 10.6. The topological polar surface area (TPSA) is 76.1 Å². The van der Waals surface area contributed by atoms with Gasteiger partial charge >= 0.3 is 5.97 Å². The van der Waals surface area contributed by atoms with Crippen LogP contribution >= 0.6 is 0 Å². The van der Waals surface area contributed by atoms with Gasteiger partial charge in [-0.2, -0.15) is 0 Å². The first-order valence-electron chi connectivity index (χ1n) is 5.43. The smallest absolute Gasteiger partial charge is 0.318 e. The average molecular weight is 245 g/mol. The van der Waals surface area contributed by atoms with Gasteiger partial charge in [0.05, 0.1) is 0 Å². The van der Waals surface area contributed by atoms with E-state index in [-0.39, 0.29) is 12.2 Å². The van der Waals surface area contributed by atoms with E-state index in [2.05, 4.69) is 0 Å². The second-order valence-electron chi connectivity index (χ2n) is 4.69. The van der Waals surface area contributed by atoms with Crippen molar-refractivity contribution in [3.8, 4) is 0 Å². The summed E-state index contributed by atoms with van der Waals surface area (Å²) in [7, 11) is 3.10. The Morgan fingerprint density at radius 3 is 1.88 bits per heavy atom. The maximum atomic E-state index is 12.1. The average Bonchev–Trinajstić information content (AvgIpc) is 2.70. The summed E-state index contributed by atoms with van der Waals surface area (Å²) in [5.41, 5.74) is -1.42. The molecule has 1 aliphatic heterocycles. The van der Waals surface area contributed by atoms with E-state index in [1.165, 1.54) is 18.7 Å². The largest absolute Gasteiger partial charge is 0.480 e. The van der Waals surface area contributed by atoms with Crippen LogP contribution in [0, 0.1) is 5.41 Å². The first kappa shape index (κ1) is 13.9. The monoisotopic (exact) mass is 245 g/mol. The first-order valence-corrected chi connectivity index (χ1v) is 5.43. The molecule has 0 aromatic carbocycles. The third-order valence-electron chi connectivity index (χ3n) is 3.18. The predicted octanol–water partition coefficient (Wildman–Crippen LogP) is -0.0306. The lowest BCUT2D eigenvalue weighted by Crippen LogP contribution is -2.44. The predicted molar refractivity (Wildman–Crippen MR) is 59.6 cm³/mol. The lowest BCUT2D eigenvalue weighted by atomic mass is 9.92. The molecule has 0 saturated carbocycles. The molecule has 1 amide bonds. The fraction of sp³-hybridized carbons (Fsp3) is 0.818. The lowest BCUT2D eigenvalue weighted by Gasteiger charge is -2.25. The molecule has 0 aromatic heterocycles. The SMILES string of the molecule is COC1CN(C(=O)C(C)(C)C(=O)O)CC1OC. The summed E-state index contributed by atoms with van der Waals surface area (Å²) < 4.78 is 10.4. The molecule has 1 rings (SSSR count). The molecule has 98 valence electrons. The zero-order chi connectivity index (χ0) is 13.2. The second-order valence-corrected chi connectivity index (χ2v) is 4.69. The van der Waals surface area contributed by atoms with Crippen molar-refractivity contribution in [3.05, 3.63) is 0 Å². The molecule has 6 heteroatoms. The van der Waals surface area contributed by atoms with Crippen molar-refractivity contribution in [3.63, 3.8) is 0 Å². The van der Waals surface area contributed by atoms with Gasteiger partial charge in [0.25, 0.3) is 0 Å². The maximum Gasteiger partial charge on any atom is 0.318 e. The Balaban J connectivity index is 2.77. The minimum atomic E-state index is -1.42. The van der Waals surface area contributed by atoms with Crippen LogP contribution in [0.2, 0.25) is 0 Å². The first-order chi connectivity index (χ1) is 7.84. The number of hydrogen-bond acceptors (Lipinski definition) is 4. The highest BCUT2D eigenvalue weighted by molar-refractivity contribution is 6.01. The Morgan fingerprint density at radius 2 is 1.59 bits per heavy atom. The Kier molecular flexibility index (Phi) is 4.11. The maximum absolute atomic E-state index is 12.1. The van der Waals surface area contributed by atoms with Crippen LogP contribution in [0.4, 0.5) is 0 Å². The molecule has 0 spiro atoms. The molecule has 1 heterocycles. The summed E-state index contributed by atoms with van der Waals surface area (Å²) in [5.74, 6) is -1.54. The van der Waals surface area contributed by atoms with E-state index >= 15 is 0 Å². The quantitative estimate of drug-likeness (QED) is 0.704. The summed E-state index contributed by atoms with van der Waals surface area (Å²) in [6.07, 6.45) is -0.401. The van der Waals surface area contributed by atoms with Crippen LogP contribution in [0.25, 0.3) is 0 Å². The number of carboxylic acids is 1. The van der Waals surface area contributed by atoms with Gasteiger partial charge in [0.1, 0.15) is 17.6 Å². The van der Waals surface area contributed by atoms with Crippen LogP contribution in [0.15, 0.2) is 0 Å². The van der Waals surface area contributed by atoms with Crippen LogP contribution in [-0.4, -0.2) is 61.4 Å². The fourth-order valence-corrected chi connectivity index (χ4v) is 1.85. The van der Waals surface area contributed by atoms with Crippen molar-refractivity contribution in [2.75, 3.05) is 27.3 Å². The molecule has 1 saturated heterocycles. The molecule has 2 atom stereocenters. The van der Waals surface area contributed by atoms with E-state index in [0.717, 1.165) is 0 Å². The van der Waals surface area contributed by atoms with Crippen molar-refractivity contribution >= 4 is 11.9 Å². The van der Waals surface area contributed by atoms with Crippen molar-refractivity contribution in [1.82, 2.24) is 4.90 Å². The molecule has 2 unspecified atom stereocenters. The summed E-state index contributed by atoms with van der Waals surface area (Å²) in [6, 6.07) is 0. The number of carbonyl (C=O) groups is 2. The lowest BCUT2D eigenvalue weighted by molar-refractivity contribution is -0.158. The van der Waals surface area contributed by atoms with Crippen LogP contribution < -0.4 is 0 Å². The number of ether oxygens (including phenoxy) is 2. The minimum Gasteiger partial charge on any atom is -0.480 e. The Morgan fingerprint density at radius 1 is 1.18 bits per heavy atom. The highest BCUT2D eigenvalue weighted by Crippen LogP contribution is 2.24. The normalized spacial score (nSPS) is 25.1. The van der Waals surface area contributed by atoms with E-state index in [0.29, 0.717) is 13.1 Å². The van der Waals surface area contributed by atoms with Crippen LogP contribution in [0.3, 0.4) is 0 Å². The van der Waals surface area contributed by atoms with Gasteiger partial charge in [-0.25, -0.2) is 0 Å². The minimum absolute atomic E-state index is 0.200. The van der Waals surface area contributed by atoms with Crippen LogP contribution in [0.1, 0.15) is 13.8 Å². The third kappa shape index (κ3) is 2.58. The molecule has 6 nitrogen and oxygen atoms in total. The van der Waals surface area contributed by atoms with Gasteiger partial charge in [-0.3, -0.25) is 9.59 Å². The van der Waals surface area contributed by atoms with Gasteiger partial charge < -0.3 is 19.5 Å². The molecule has 0 bridgehead atoms. The molecule has 1 fully saturated rings. The summed E-state index contributed by atoms with van der Waals surface area (Å²) in [6.45, 7) is 3.54. The number of likely N-dealkylation sites (tertiary alicyclic amines) is 1. The van der Waals surface area contributed by atoms with E-state index < -0.39 is 17.3 Å².